The van der Waals surface area contributed by atoms with E-state index in [1.54, 1.807) is 9.80 Å². The number of likely N-dealkylation sites (tertiary alicyclic amines) is 1. The van der Waals surface area contributed by atoms with E-state index >= 15 is 0 Å². The molecule has 0 bridgehead atoms. The fourth-order valence-corrected chi connectivity index (χ4v) is 6.36. The lowest BCUT2D eigenvalue weighted by Gasteiger charge is -2.40. The number of rotatable bonds is 5. The first-order valence-corrected chi connectivity index (χ1v) is 15.2. The molecule has 232 valence electrons. The Balaban J connectivity index is 1.18. The zero-order valence-corrected chi connectivity index (χ0v) is 25.4. The number of anilines is 1. The Morgan fingerprint density at radius 1 is 1.05 bits per heavy atom. The highest BCUT2D eigenvalue weighted by molar-refractivity contribution is 6.05. The normalized spacial score (nSPS) is 19.3. The van der Waals surface area contributed by atoms with Gasteiger partial charge in [0.1, 0.15) is 0 Å². The van der Waals surface area contributed by atoms with Crippen LogP contribution in [0.5, 0.6) is 0 Å². The van der Waals surface area contributed by atoms with E-state index in [-0.39, 0.29) is 42.1 Å². The first kappa shape index (κ1) is 29.5. The van der Waals surface area contributed by atoms with Crippen LogP contribution in [-0.4, -0.2) is 80.6 Å². The number of hydrogen-bond donors (Lipinski definition) is 3. The number of urea groups is 1. The summed E-state index contributed by atoms with van der Waals surface area (Å²) in [6, 6.07) is 11.3. The topological polar surface area (TPSA) is 154 Å². The minimum absolute atomic E-state index is 0.0106. The molecule has 6 rings (SSSR count). The number of piperidine rings is 1. The Kier molecular flexibility index (Phi) is 7.68. The number of aromatic amines is 1. The molecule has 0 radical (unpaired) electrons. The van der Waals surface area contributed by atoms with Crippen molar-refractivity contribution in [3.63, 3.8) is 0 Å². The molecule has 4 N–H and O–H groups in total. The molecule has 4 heterocycles. The first-order chi connectivity index (χ1) is 21.0. The maximum Gasteiger partial charge on any atom is 0.410 e. The Hall–Kier alpha value is -4.61. The molecule has 12 nitrogen and oxygen atoms in total. The van der Waals surface area contributed by atoms with Crippen molar-refractivity contribution < 1.29 is 23.9 Å². The van der Waals surface area contributed by atoms with Crippen LogP contribution in [0, 0.1) is 5.41 Å². The van der Waals surface area contributed by atoms with E-state index in [1.807, 2.05) is 41.3 Å². The number of amides is 5. The Morgan fingerprint density at radius 2 is 1.80 bits per heavy atom. The number of nitrogens with one attached hydrogen (secondary N) is 2. The van der Waals surface area contributed by atoms with E-state index in [0.29, 0.717) is 49.9 Å². The predicted octanol–water partition coefficient (Wildman–Crippen LogP) is 4.00. The van der Waals surface area contributed by atoms with Gasteiger partial charge < -0.3 is 30.5 Å². The number of fused-ring (bicyclic) bond motifs is 4. The van der Waals surface area contributed by atoms with E-state index in [1.165, 1.54) is 0 Å². The average molecular weight is 602 g/mol. The third kappa shape index (κ3) is 5.80. The second-order valence-electron chi connectivity index (χ2n) is 13.1. The standard InChI is InChI=1S/C32H39N7O5/c1-32(2,3)12-15-38-18-22-19(8-9-24-26(22)27(28(33)40)36-35-24)16-25(29(38)41)44-31(43)37-13-10-21(11-14-37)39-17-20-6-4-5-7-23(20)34-30(39)42/h4-9,21,25H,10-18H2,1-3H3,(H2,33,40)(H,34,42)(H,35,36). The molecule has 5 amide bonds. The summed E-state index contributed by atoms with van der Waals surface area (Å²) < 4.78 is 5.95. The van der Waals surface area contributed by atoms with Crippen LogP contribution in [0.4, 0.5) is 15.3 Å². The van der Waals surface area contributed by atoms with Crippen LogP contribution in [0.3, 0.4) is 0 Å². The molecule has 1 fully saturated rings. The van der Waals surface area contributed by atoms with Crippen molar-refractivity contribution in [2.45, 2.75) is 71.7 Å². The quantitative estimate of drug-likeness (QED) is 0.402. The summed E-state index contributed by atoms with van der Waals surface area (Å²) in [5, 5.41) is 10.6. The lowest BCUT2D eigenvalue weighted by molar-refractivity contribution is -0.141. The molecule has 1 atom stereocenters. The van der Waals surface area contributed by atoms with E-state index in [0.717, 1.165) is 28.8 Å². The summed E-state index contributed by atoms with van der Waals surface area (Å²) in [6.07, 6.45) is 0.565. The van der Waals surface area contributed by atoms with E-state index in [9.17, 15) is 19.2 Å². The van der Waals surface area contributed by atoms with Crippen LogP contribution in [0.2, 0.25) is 0 Å². The van der Waals surface area contributed by atoms with Crippen LogP contribution in [0.15, 0.2) is 36.4 Å². The van der Waals surface area contributed by atoms with Crippen molar-refractivity contribution in [3.8, 4) is 0 Å². The van der Waals surface area contributed by atoms with Crippen LogP contribution in [-0.2, 0) is 29.0 Å². The molecular formula is C32H39N7O5. The number of nitrogens with zero attached hydrogens (tertiary/aromatic N) is 4. The number of nitrogens with two attached hydrogens (primary N) is 1. The monoisotopic (exact) mass is 601 g/mol. The fraction of sp³-hybridized carbons (Fsp3) is 0.469. The molecule has 12 heteroatoms. The van der Waals surface area contributed by atoms with Crippen molar-refractivity contribution in [1.82, 2.24) is 24.9 Å². The lowest BCUT2D eigenvalue weighted by Crippen LogP contribution is -2.52. The molecule has 3 aliphatic rings. The molecule has 2 aromatic carbocycles. The van der Waals surface area contributed by atoms with Crippen LogP contribution >= 0.6 is 0 Å². The summed E-state index contributed by atoms with van der Waals surface area (Å²) in [5.41, 5.74) is 9.88. The van der Waals surface area contributed by atoms with Gasteiger partial charge in [0.15, 0.2) is 11.8 Å². The van der Waals surface area contributed by atoms with Gasteiger partial charge in [-0.05, 0) is 53.5 Å². The van der Waals surface area contributed by atoms with E-state index < -0.39 is 18.1 Å². The number of benzene rings is 2. The van der Waals surface area contributed by atoms with E-state index in [4.69, 9.17) is 10.5 Å². The van der Waals surface area contributed by atoms with Crippen LogP contribution in [0.1, 0.15) is 67.2 Å². The summed E-state index contributed by atoms with van der Waals surface area (Å²) in [4.78, 5) is 57.5. The smallest absolute Gasteiger partial charge is 0.410 e. The van der Waals surface area contributed by atoms with Crippen LogP contribution < -0.4 is 11.1 Å². The van der Waals surface area contributed by atoms with Gasteiger partial charge in [0.2, 0.25) is 0 Å². The zero-order valence-electron chi connectivity index (χ0n) is 25.4. The number of carbonyl (C=O) groups is 4. The lowest BCUT2D eigenvalue weighted by atomic mass is 9.92. The summed E-state index contributed by atoms with van der Waals surface area (Å²) in [5.74, 6) is -0.923. The molecule has 1 aromatic heterocycles. The number of para-hydroxylation sites is 1. The zero-order chi connectivity index (χ0) is 31.2. The molecule has 0 spiro atoms. The van der Waals surface area contributed by atoms with Crippen molar-refractivity contribution in [2.75, 3.05) is 25.0 Å². The largest absolute Gasteiger partial charge is 0.436 e. The second-order valence-corrected chi connectivity index (χ2v) is 13.1. The van der Waals surface area contributed by atoms with Gasteiger partial charge in [-0.15, -0.1) is 0 Å². The summed E-state index contributed by atoms with van der Waals surface area (Å²) in [7, 11) is 0. The van der Waals surface area contributed by atoms with Crippen molar-refractivity contribution in [2.24, 2.45) is 11.1 Å². The number of hydrogen-bond acceptors (Lipinski definition) is 6. The number of H-pyrrole nitrogens is 1. The van der Waals surface area contributed by atoms with Gasteiger partial charge in [-0.1, -0.05) is 45.0 Å². The number of aromatic nitrogens is 2. The molecule has 3 aliphatic heterocycles. The third-order valence-corrected chi connectivity index (χ3v) is 8.91. The molecule has 0 aliphatic carbocycles. The van der Waals surface area contributed by atoms with Gasteiger partial charge >= 0.3 is 12.1 Å². The van der Waals surface area contributed by atoms with Crippen LogP contribution in [0.25, 0.3) is 10.9 Å². The highest BCUT2D eigenvalue weighted by Crippen LogP contribution is 2.32. The van der Waals surface area contributed by atoms with E-state index in [2.05, 4.69) is 36.3 Å². The third-order valence-electron chi connectivity index (χ3n) is 8.91. The number of carbonyl (C=O) groups excluding carboxylic acids is 4. The van der Waals surface area contributed by atoms with Crippen molar-refractivity contribution in [1.29, 1.82) is 0 Å². The van der Waals surface area contributed by atoms with Gasteiger partial charge in [0, 0.05) is 56.3 Å². The Morgan fingerprint density at radius 3 is 2.52 bits per heavy atom. The fourth-order valence-electron chi connectivity index (χ4n) is 6.36. The molecule has 44 heavy (non-hydrogen) atoms. The highest BCUT2D eigenvalue weighted by Gasteiger charge is 2.37. The predicted molar refractivity (Wildman–Crippen MR) is 164 cm³/mol. The highest BCUT2D eigenvalue weighted by atomic mass is 16.6. The van der Waals surface area contributed by atoms with Gasteiger partial charge in [0.05, 0.1) is 5.52 Å². The Bertz CT molecular complexity index is 1620. The SMILES string of the molecule is CC(C)(C)CCN1Cc2c(ccc3[nH]nc(C(N)=O)c23)CC(OC(=O)N2CCC(N3Cc4ccccc4NC3=O)CC2)C1=O. The summed E-state index contributed by atoms with van der Waals surface area (Å²) >= 11 is 0. The van der Waals surface area contributed by atoms with Gasteiger partial charge in [0.25, 0.3) is 11.8 Å². The number of ether oxygens (including phenoxy) is 1. The van der Waals surface area contributed by atoms with Gasteiger partial charge in [-0.2, -0.15) is 5.10 Å². The minimum Gasteiger partial charge on any atom is -0.436 e. The van der Waals surface area contributed by atoms with Gasteiger partial charge in [-0.25, -0.2) is 9.59 Å². The second kappa shape index (κ2) is 11.5. The summed E-state index contributed by atoms with van der Waals surface area (Å²) in [6.45, 7) is 8.39. The minimum atomic E-state index is -1.02. The maximum atomic E-state index is 13.9. The van der Waals surface area contributed by atoms with Crippen molar-refractivity contribution in [3.05, 3.63) is 58.8 Å². The Labute approximate surface area is 255 Å². The maximum absolute atomic E-state index is 13.9. The van der Waals surface area contributed by atoms with Gasteiger partial charge in [-0.3, -0.25) is 14.7 Å². The first-order valence-electron chi connectivity index (χ1n) is 15.2. The molecule has 3 aromatic rings. The average Bonchev–Trinajstić information content (AvgIpc) is 3.38. The molecule has 1 unspecified atom stereocenters. The molecule has 0 saturated carbocycles. The molecular weight excluding hydrogens is 562 g/mol. The molecule has 1 saturated heterocycles. The number of primary amides is 1. The van der Waals surface area contributed by atoms with Crippen molar-refractivity contribution >= 4 is 40.5 Å².